The van der Waals surface area contributed by atoms with E-state index in [0.717, 1.165) is 10.6 Å². The van der Waals surface area contributed by atoms with Gasteiger partial charge in [-0.3, -0.25) is 13.9 Å². The zero-order chi connectivity index (χ0) is 26.3. The van der Waals surface area contributed by atoms with Crippen molar-refractivity contribution >= 4 is 39.1 Å². The van der Waals surface area contributed by atoms with Gasteiger partial charge in [-0.05, 0) is 50.6 Å². The van der Waals surface area contributed by atoms with E-state index in [1.165, 1.54) is 25.2 Å². The Bertz CT molecular complexity index is 1160. The van der Waals surface area contributed by atoms with E-state index in [-0.39, 0.29) is 29.9 Å². The van der Waals surface area contributed by atoms with E-state index in [1.807, 2.05) is 13.8 Å². The highest BCUT2D eigenvalue weighted by atomic mass is 35.5. The van der Waals surface area contributed by atoms with Crippen molar-refractivity contribution in [1.82, 2.24) is 10.2 Å². The van der Waals surface area contributed by atoms with Crippen molar-refractivity contribution in [2.24, 2.45) is 0 Å². The molecule has 0 unspecified atom stereocenters. The quantitative estimate of drug-likeness (QED) is 0.483. The molecule has 1 N–H and O–H groups in total. The first-order valence-corrected chi connectivity index (χ1v) is 13.1. The number of nitrogens with one attached hydrogen (secondary N) is 1. The van der Waals surface area contributed by atoms with Crippen LogP contribution in [0.5, 0.6) is 11.5 Å². The van der Waals surface area contributed by atoms with E-state index in [4.69, 9.17) is 21.1 Å². The van der Waals surface area contributed by atoms with Gasteiger partial charge < -0.3 is 19.7 Å². The number of rotatable bonds is 11. The minimum absolute atomic E-state index is 0.0545. The molecule has 2 rings (SSSR count). The Kier molecular flexibility index (Phi) is 9.79. The van der Waals surface area contributed by atoms with Crippen molar-refractivity contribution in [2.45, 2.75) is 39.4 Å². The molecule has 0 saturated carbocycles. The van der Waals surface area contributed by atoms with Gasteiger partial charge in [-0.15, -0.1) is 0 Å². The Labute approximate surface area is 212 Å². The van der Waals surface area contributed by atoms with E-state index in [2.05, 4.69) is 5.32 Å². The van der Waals surface area contributed by atoms with Gasteiger partial charge in [-0.25, -0.2) is 8.42 Å². The summed E-state index contributed by atoms with van der Waals surface area (Å²) in [5.74, 6) is -0.301. The first kappa shape index (κ1) is 28.3. The molecule has 2 aromatic carbocycles. The number of halogens is 1. The predicted molar refractivity (Wildman–Crippen MR) is 136 cm³/mol. The Morgan fingerprint density at radius 2 is 1.74 bits per heavy atom. The van der Waals surface area contributed by atoms with Gasteiger partial charge in [0.2, 0.25) is 21.8 Å². The minimum atomic E-state index is -3.92. The summed E-state index contributed by atoms with van der Waals surface area (Å²) in [6, 6.07) is 10.5. The molecule has 0 aliphatic rings. The topological polar surface area (TPSA) is 105 Å². The van der Waals surface area contributed by atoms with Crippen LogP contribution < -0.4 is 19.1 Å². The first-order chi connectivity index (χ1) is 16.4. The van der Waals surface area contributed by atoms with E-state index in [0.29, 0.717) is 16.3 Å². The summed E-state index contributed by atoms with van der Waals surface area (Å²) in [5, 5.41) is 3.28. The van der Waals surface area contributed by atoms with Gasteiger partial charge in [0.1, 0.15) is 24.1 Å². The maximum Gasteiger partial charge on any atom is 0.244 e. The van der Waals surface area contributed by atoms with Gasteiger partial charge in [0.25, 0.3) is 0 Å². The van der Waals surface area contributed by atoms with Gasteiger partial charge in [-0.1, -0.05) is 23.7 Å². The number of hydrogen-bond acceptors (Lipinski definition) is 6. The number of nitrogens with zero attached hydrogens (tertiary/aromatic N) is 2. The zero-order valence-corrected chi connectivity index (χ0v) is 22.3. The molecular weight excluding hydrogens is 494 g/mol. The average Bonchev–Trinajstić information content (AvgIpc) is 2.78. The third-order valence-corrected chi connectivity index (χ3v) is 6.54. The van der Waals surface area contributed by atoms with Crippen LogP contribution in [0.1, 0.15) is 26.3 Å². The lowest BCUT2D eigenvalue weighted by atomic mass is 10.1. The molecule has 0 heterocycles. The van der Waals surface area contributed by atoms with Crippen LogP contribution in [-0.2, 0) is 26.2 Å². The van der Waals surface area contributed by atoms with E-state index >= 15 is 0 Å². The fraction of sp³-hybridized carbons (Fsp3) is 0.417. The SMILES string of the molecule is COc1ccc(OC)c(N(CC(=O)N(Cc2cccc(Cl)c2)[C@@H](C)C(=O)NC(C)C)S(C)(=O)=O)c1. The minimum Gasteiger partial charge on any atom is -0.497 e. The molecule has 0 fully saturated rings. The summed E-state index contributed by atoms with van der Waals surface area (Å²) in [5.41, 5.74) is 0.838. The number of carbonyl (C=O) groups is 2. The van der Waals surface area contributed by atoms with Gasteiger partial charge in [0.05, 0.1) is 26.2 Å². The second-order valence-electron chi connectivity index (χ2n) is 8.30. The summed E-state index contributed by atoms with van der Waals surface area (Å²) < 4.78 is 37.0. The smallest absolute Gasteiger partial charge is 0.244 e. The molecule has 11 heteroatoms. The van der Waals surface area contributed by atoms with E-state index in [9.17, 15) is 18.0 Å². The molecule has 0 aromatic heterocycles. The normalized spacial score (nSPS) is 12.1. The van der Waals surface area contributed by atoms with E-state index < -0.39 is 28.5 Å². The molecule has 9 nitrogen and oxygen atoms in total. The van der Waals surface area contributed by atoms with Crippen molar-refractivity contribution in [3.05, 3.63) is 53.1 Å². The molecule has 0 aliphatic carbocycles. The van der Waals surface area contributed by atoms with Crippen LogP contribution in [0.4, 0.5) is 5.69 Å². The highest BCUT2D eigenvalue weighted by molar-refractivity contribution is 7.92. The Hall–Kier alpha value is -2.98. The maximum absolute atomic E-state index is 13.6. The summed E-state index contributed by atoms with van der Waals surface area (Å²) in [6.07, 6.45) is 0.995. The van der Waals surface area contributed by atoms with Gasteiger partial charge in [0, 0.05) is 23.7 Å². The van der Waals surface area contributed by atoms with Gasteiger partial charge in [-0.2, -0.15) is 0 Å². The van der Waals surface area contributed by atoms with Crippen LogP contribution in [0.15, 0.2) is 42.5 Å². The maximum atomic E-state index is 13.6. The van der Waals surface area contributed by atoms with Crippen LogP contribution in [-0.4, -0.2) is 64.2 Å². The number of ether oxygens (including phenoxy) is 2. The van der Waals surface area contributed by atoms with Crippen LogP contribution in [0.25, 0.3) is 0 Å². The second kappa shape index (κ2) is 12.1. The average molecular weight is 526 g/mol. The standard InChI is InChI=1S/C24H32ClN3O6S/c1-16(2)26-24(30)17(3)27(14-18-8-7-9-19(25)12-18)23(29)15-28(35(6,31)32)21-13-20(33-4)10-11-22(21)34-5/h7-13,16-17H,14-15H2,1-6H3,(H,26,30)/t17-/m0/s1. The van der Waals surface area contributed by atoms with Crippen LogP contribution >= 0.6 is 11.6 Å². The molecule has 0 saturated heterocycles. The monoisotopic (exact) mass is 525 g/mol. The van der Waals surface area contributed by atoms with Crippen molar-refractivity contribution < 1.29 is 27.5 Å². The Morgan fingerprint density at radius 3 is 2.29 bits per heavy atom. The highest BCUT2D eigenvalue weighted by Crippen LogP contribution is 2.34. The number of hydrogen-bond donors (Lipinski definition) is 1. The number of anilines is 1. The highest BCUT2D eigenvalue weighted by Gasteiger charge is 2.31. The molecular formula is C24H32ClN3O6S. The lowest BCUT2D eigenvalue weighted by Gasteiger charge is -2.32. The lowest BCUT2D eigenvalue weighted by Crippen LogP contribution is -2.52. The predicted octanol–water partition coefficient (Wildman–Crippen LogP) is 3.07. The number of sulfonamides is 1. The molecule has 0 spiro atoms. The molecule has 1 atom stereocenters. The third kappa shape index (κ3) is 7.76. The number of carbonyl (C=O) groups excluding carboxylic acids is 2. The molecule has 0 bridgehead atoms. The third-order valence-electron chi connectivity index (χ3n) is 5.17. The molecule has 0 radical (unpaired) electrons. The van der Waals surface area contributed by atoms with Crippen molar-refractivity contribution in [2.75, 3.05) is 31.3 Å². The first-order valence-electron chi connectivity index (χ1n) is 10.9. The zero-order valence-electron chi connectivity index (χ0n) is 20.7. The molecule has 35 heavy (non-hydrogen) atoms. The summed E-state index contributed by atoms with van der Waals surface area (Å²) >= 11 is 6.11. The molecule has 192 valence electrons. The summed E-state index contributed by atoms with van der Waals surface area (Å²) in [7, 11) is -1.07. The molecule has 2 amide bonds. The Balaban J connectivity index is 2.49. The number of amides is 2. The molecule has 2 aromatic rings. The number of methoxy groups -OCH3 is 2. The van der Waals surface area contributed by atoms with Crippen LogP contribution in [0.2, 0.25) is 5.02 Å². The number of benzene rings is 2. The lowest BCUT2D eigenvalue weighted by molar-refractivity contribution is -0.139. The fourth-order valence-corrected chi connectivity index (χ4v) is 4.46. The second-order valence-corrected chi connectivity index (χ2v) is 10.6. The van der Waals surface area contributed by atoms with Gasteiger partial charge >= 0.3 is 0 Å². The van der Waals surface area contributed by atoms with Crippen LogP contribution in [0, 0.1) is 0 Å². The molecule has 0 aliphatic heterocycles. The van der Waals surface area contributed by atoms with Crippen molar-refractivity contribution in [3.8, 4) is 11.5 Å². The van der Waals surface area contributed by atoms with Crippen LogP contribution in [0.3, 0.4) is 0 Å². The largest absolute Gasteiger partial charge is 0.497 e. The van der Waals surface area contributed by atoms with E-state index in [1.54, 1.807) is 43.3 Å². The van der Waals surface area contributed by atoms with Crippen molar-refractivity contribution in [3.63, 3.8) is 0 Å². The summed E-state index contributed by atoms with van der Waals surface area (Å²) in [6.45, 7) is 4.72. The fourth-order valence-electron chi connectivity index (χ4n) is 3.41. The Morgan fingerprint density at radius 1 is 1.06 bits per heavy atom. The van der Waals surface area contributed by atoms with Crippen molar-refractivity contribution in [1.29, 1.82) is 0 Å². The summed E-state index contributed by atoms with van der Waals surface area (Å²) in [4.78, 5) is 27.7. The van der Waals surface area contributed by atoms with Gasteiger partial charge in [0.15, 0.2) is 0 Å².